The highest BCUT2D eigenvalue weighted by molar-refractivity contribution is 5.78. The Balaban J connectivity index is 2.25. The first-order chi connectivity index (χ1) is 9.88. The lowest BCUT2D eigenvalue weighted by atomic mass is 9.92. The SMILES string of the molecule is CC(C)Oc1cc(N2CC(C(N)=O)CCC2C)ccc1N. The minimum Gasteiger partial charge on any atom is -0.489 e. The molecule has 1 aromatic carbocycles. The fourth-order valence-electron chi connectivity index (χ4n) is 2.76. The number of carbonyl (C=O) groups is 1. The molecule has 1 amide bonds. The number of ether oxygens (including phenoxy) is 1. The molecule has 1 aromatic rings. The largest absolute Gasteiger partial charge is 0.489 e. The molecule has 5 nitrogen and oxygen atoms in total. The Morgan fingerprint density at radius 1 is 1.38 bits per heavy atom. The van der Waals surface area contributed by atoms with E-state index in [9.17, 15) is 4.79 Å². The van der Waals surface area contributed by atoms with Crippen molar-refractivity contribution in [3.05, 3.63) is 18.2 Å². The van der Waals surface area contributed by atoms with Crippen LogP contribution in [-0.4, -0.2) is 24.6 Å². The number of benzene rings is 1. The molecule has 0 aliphatic carbocycles. The van der Waals surface area contributed by atoms with E-state index in [1.165, 1.54) is 0 Å². The predicted octanol–water partition coefficient (Wildman–Crippen LogP) is 2.15. The number of hydrogen-bond donors (Lipinski definition) is 2. The van der Waals surface area contributed by atoms with Crippen molar-refractivity contribution in [3.8, 4) is 5.75 Å². The molecule has 1 heterocycles. The van der Waals surface area contributed by atoms with Gasteiger partial charge < -0.3 is 21.1 Å². The summed E-state index contributed by atoms with van der Waals surface area (Å²) >= 11 is 0. The number of anilines is 2. The van der Waals surface area contributed by atoms with Gasteiger partial charge in [-0.2, -0.15) is 0 Å². The number of hydrogen-bond acceptors (Lipinski definition) is 4. The van der Waals surface area contributed by atoms with Gasteiger partial charge in [0.25, 0.3) is 0 Å². The maximum absolute atomic E-state index is 11.5. The van der Waals surface area contributed by atoms with Gasteiger partial charge in [0, 0.05) is 24.3 Å². The van der Waals surface area contributed by atoms with E-state index >= 15 is 0 Å². The van der Waals surface area contributed by atoms with E-state index in [4.69, 9.17) is 16.2 Å². The van der Waals surface area contributed by atoms with Crippen LogP contribution in [0.1, 0.15) is 33.6 Å². The molecule has 1 aliphatic heterocycles. The summed E-state index contributed by atoms with van der Waals surface area (Å²) < 4.78 is 5.74. The summed E-state index contributed by atoms with van der Waals surface area (Å²) in [4.78, 5) is 13.7. The maximum atomic E-state index is 11.5. The first-order valence-electron chi connectivity index (χ1n) is 7.50. The third-order valence-corrected chi connectivity index (χ3v) is 3.98. The number of piperidine rings is 1. The van der Waals surface area contributed by atoms with Gasteiger partial charge in [-0.05, 0) is 45.7 Å². The number of carbonyl (C=O) groups excluding carboxylic acids is 1. The summed E-state index contributed by atoms with van der Waals surface area (Å²) in [5.74, 6) is 0.380. The molecule has 0 radical (unpaired) electrons. The number of nitrogens with two attached hydrogens (primary N) is 2. The van der Waals surface area contributed by atoms with E-state index in [2.05, 4.69) is 11.8 Å². The number of rotatable bonds is 4. The van der Waals surface area contributed by atoms with Gasteiger partial charge >= 0.3 is 0 Å². The van der Waals surface area contributed by atoms with Crippen LogP contribution in [0.25, 0.3) is 0 Å². The molecule has 2 rings (SSSR count). The lowest BCUT2D eigenvalue weighted by Gasteiger charge is -2.38. The highest BCUT2D eigenvalue weighted by Gasteiger charge is 2.29. The quantitative estimate of drug-likeness (QED) is 0.833. The molecule has 0 saturated carbocycles. The van der Waals surface area contributed by atoms with E-state index in [1.807, 2.05) is 32.0 Å². The van der Waals surface area contributed by atoms with Crippen molar-refractivity contribution in [2.45, 2.75) is 45.8 Å². The molecule has 4 N–H and O–H groups in total. The smallest absolute Gasteiger partial charge is 0.222 e. The van der Waals surface area contributed by atoms with Crippen molar-refractivity contribution >= 4 is 17.3 Å². The zero-order valence-electron chi connectivity index (χ0n) is 13.0. The van der Waals surface area contributed by atoms with E-state index in [0.717, 1.165) is 18.5 Å². The molecular formula is C16H25N3O2. The average molecular weight is 291 g/mol. The van der Waals surface area contributed by atoms with Crippen LogP contribution in [0, 0.1) is 5.92 Å². The maximum Gasteiger partial charge on any atom is 0.222 e. The third-order valence-electron chi connectivity index (χ3n) is 3.98. The first kappa shape index (κ1) is 15.5. The van der Waals surface area contributed by atoms with Gasteiger partial charge in [-0.15, -0.1) is 0 Å². The Kier molecular flexibility index (Phi) is 4.60. The fraction of sp³-hybridized carbons (Fsp3) is 0.562. The van der Waals surface area contributed by atoms with E-state index < -0.39 is 0 Å². The Morgan fingerprint density at radius 3 is 2.71 bits per heavy atom. The van der Waals surface area contributed by atoms with Crippen molar-refractivity contribution in [2.75, 3.05) is 17.2 Å². The third kappa shape index (κ3) is 3.60. The molecule has 1 fully saturated rings. The molecule has 0 spiro atoms. The molecule has 5 heteroatoms. The van der Waals surface area contributed by atoms with Crippen molar-refractivity contribution < 1.29 is 9.53 Å². The topological polar surface area (TPSA) is 81.6 Å². The Hall–Kier alpha value is -1.91. The fourth-order valence-corrected chi connectivity index (χ4v) is 2.76. The van der Waals surface area contributed by atoms with Crippen molar-refractivity contribution in [2.24, 2.45) is 11.7 Å². The summed E-state index contributed by atoms with van der Waals surface area (Å²) in [6.07, 6.45) is 1.88. The monoisotopic (exact) mass is 291 g/mol. The second-order valence-electron chi connectivity index (χ2n) is 6.07. The van der Waals surface area contributed by atoms with Gasteiger partial charge in [0.05, 0.1) is 17.7 Å². The van der Waals surface area contributed by atoms with Crippen LogP contribution in [0.4, 0.5) is 11.4 Å². The highest BCUT2D eigenvalue weighted by atomic mass is 16.5. The van der Waals surface area contributed by atoms with Crippen molar-refractivity contribution in [3.63, 3.8) is 0 Å². The van der Waals surface area contributed by atoms with Gasteiger partial charge in [0.2, 0.25) is 5.91 Å². The van der Waals surface area contributed by atoms with Crippen LogP contribution in [0.5, 0.6) is 5.75 Å². The molecule has 2 atom stereocenters. The highest BCUT2D eigenvalue weighted by Crippen LogP contribution is 2.33. The van der Waals surface area contributed by atoms with Crippen LogP contribution in [-0.2, 0) is 4.79 Å². The predicted molar refractivity (Wildman–Crippen MR) is 85.3 cm³/mol. The molecule has 1 saturated heterocycles. The summed E-state index contributed by atoms with van der Waals surface area (Å²) in [6.45, 7) is 6.76. The minimum atomic E-state index is -0.221. The zero-order chi connectivity index (χ0) is 15.6. The van der Waals surface area contributed by atoms with Gasteiger partial charge in [0.1, 0.15) is 5.75 Å². The minimum absolute atomic E-state index is 0.0692. The molecule has 116 valence electrons. The standard InChI is InChI=1S/C16H25N3O2/c1-10(2)21-15-8-13(6-7-14(15)17)19-9-12(16(18)20)5-4-11(19)3/h6-8,10-12H,4-5,9,17H2,1-3H3,(H2,18,20). The number of nitrogens with zero attached hydrogens (tertiary/aromatic N) is 1. The summed E-state index contributed by atoms with van der Waals surface area (Å²) in [5.41, 5.74) is 13.1. The number of amides is 1. The summed E-state index contributed by atoms with van der Waals surface area (Å²) in [6, 6.07) is 6.15. The van der Waals surface area contributed by atoms with Gasteiger partial charge in [-0.25, -0.2) is 0 Å². The van der Waals surface area contributed by atoms with Gasteiger partial charge in [-0.3, -0.25) is 4.79 Å². The molecule has 1 aliphatic rings. The zero-order valence-corrected chi connectivity index (χ0v) is 13.0. The van der Waals surface area contributed by atoms with Gasteiger partial charge in [-0.1, -0.05) is 0 Å². The van der Waals surface area contributed by atoms with E-state index in [-0.39, 0.29) is 17.9 Å². The van der Waals surface area contributed by atoms with E-state index in [0.29, 0.717) is 24.0 Å². The van der Waals surface area contributed by atoms with Crippen LogP contribution in [0.3, 0.4) is 0 Å². The van der Waals surface area contributed by atoms with E-state index in [1.54, 1.807) is 0 Å². The summed E-state index contributed by atoms with van der Waals surface area (Å²) in [5, 5.41) is 0. The van der Waals surface area contributed by atoms with Crippen molar-refractivity contribution in [1.29, 1.82) is 0 Å². The Morgan fingerprint density at radius 2 is 2.10 bits per heavy atom. The molecular weight excluding hydrogens is 266 g/mol. The normalized spacial score (nSPS) is 22.4. The van der Waals surface area contributed by atoms with Crippen LogP contribution >= 0.6 is 0 Å². The Bertz CT molecular complexity index is 516. The Labute approximate surface area is 126 Å². The summed E-state index contributed by atoms with van der Waals surface area (Å²) in [7, 11) is 0. The molecule has 21 heavy (non-hydrogen) atoms. The lowest BCUT2D eigenvalue weighted by molar-refractivity contribution is -0.122. The van der Waals surface area contributed by atoms with Crippen molar-refractivity contribution in [1.82, 2.24) is 0 Å². The lowest BCUT2D eigenvalue weighted by Crippen LogP contribution is -2.45. The second kappa shape index (κ2) is 6.24. The molecule has 0 aromatic heterocycles. The molecule has 2 unspecified atom stereocenters. The van der Waals surface area contributed by atoms with Crippen LogP contribution < -0.4 is 21.1 Å². The molecule has 0 bridgehead atoms. The van der Waals surface area contributed by atoms with Gasteiger partial charge in [0.15, 0.2) is 0 Å². The first-order valence-corrected chi connectivity index (χ1v) is 7.50. The number of nitrogen functional groups attached to an aromatic ring is 1. The average Bonchev–Trinajstić information content (AvgIpc) is 2.41. The van der Waals surface area contributed by atoms with Crippen LogP contribution in [0.2, 0.25) is 0 Å². The van der Waals surface area contributed by atoms with Crippen LogP contribution in [0.15, 0.2) is 18.2 Å². The second-order valence-corrected chi connectivity index (χ2v) is 6.07. The number of primary amides is 1.